The minimum absolute atomic E-state index is 0.0461. The minimum Gasteiger partial charge on any atom is -0.496 e. The summed E-state index contributed by atoms with van der Waals surface area (Å²) >= 11 is 0. The number of benzene rings is 2. The lowest BCUT2D eigenvalue weighted by atomic mass is 10.2. The van der Waals surface area contributed by atoms with Gasteiger partial charge in [-0.3, -0.25) is 9.36 Å². The molecule has 1 amide bonds. The second-order valence-corrected chi connectivity index (χ2v) is 6.74. The number of hydrogen-bond acceptors (Lipinski definition) is 6. The summed E-state index contributed by atoms with van der Waals surface area (Å²) in [5.74, 6) is 0.678. The van der Waals surface area contributed by atoms with E-state index in [1.807, 2.05) is 13.0 Å². The zero-order valence-corrected chi connectivity index (χ0v) is 17.3. The van der Waals surface area contributed by atoms with Crippen molar-refractivity contribution < 1.29 is 14.3 Å². The van der Waals surface area contributed by atoms with Crippen molar-refractivity contribution >= 4 is 17.1 Å². The maximum Gasteiger partial charge on any atom is 0.334 e. The highest BCUT2D eigenvalue weighted by atomic mass is 16.5. The number of imidazole rings is 1. The molecule has 4 aromatic rings. The normalized spacial score (nSPS) is 10.9. The summed E-state index contributed by atoms with van der Waals surface area (Å²) in [6.45, 7) is 2.43. The van der Waals surface area contributed by atoms with Gasteiger partial charge < -0.3 is 15.2 Å². The summed E-state index contributed by atoms with van der Waals surface area (Å²) < 4.78 is 13.6. The van der Waals surface area contributed by atoms with Gasteiger partial charge in [-0.2, -0.15) is 0 Å². The van der Waals surface area contributed by atoms with Gasteiger partial charge >= 0.3 is 5.69 Å². The lowest BCUT2D eigenvalue weighted by Gasteiger charge is -2.10. The van der Waals surface area contributed by atoms with E-state index in [-0.39, 0.29) is 28.4 Å². The number of carbonyl (C=O) groups is 1. The van der Waals surface area contributed by atoms with Crippen molar-refractivity contribution in [2.45, 2.75) is 6.92 Å². The van der Waals surface area contributed by atoms with Gasteiger partial charge in [-0.25, -0.2) is 19.3 Å². The Morgan fingerprint density at radius 3 is 2.45 bits per heavy atom. The Morgan fingerprint density at radius 2 is 1.81 bits per heavy atom. The van der Waals surface area contributed by atoms with E-state index in [2.05, 4.69) is 9.97 Å². The average Bonchev–Trinajstić information content (AvgIpc) is 3.04. The third kappa shape index (κ3) is 3.39. The molecule has 0 fully saturated rings. The number of amides is 1. The van der Waals surface area contributed by atoms with Crippen molar-refractivity contribution in [2.24, 2.45) is 12.8 Å². The fourth-order valence-corrected chi connectivity index (χ4v) is 3.46. The molecule has 2 N–H and O–H groups in total. The van der Waals surface area contributed by atoms with Crippen molar-refractivity contribution in [3.05, 3.63) is 64.7 Å². The van der Waals surface area contributed by atoms with Gasteiger partial charge in [-0.1, -0.05) is 12.1 Å². The number of nitrogens with zero attached hydrogens (tertiary/aromatic N) is 4. The Balaban J connectivity index is 2.04. The van der Waals surface area contributed by atoms with Crippen LogP contribution in [-0.4, -0.2) is 38.7 Å². The zero-order chi connectivity index (χ0) is 22.1. The van der Waals surface area contributed by atoms with Gasteiger partial charge in [0, 0.05) is 7.05 Å². The molecule has 0 spiro atoms. The molecule has 0 aliphatic heterocycles. The number of hydrogen-bond donors (Lipinski definition) is 1. The van der Waals surface area contributed by atoms with Gasteiger partial charge in [0.25, 0.3) is 5.91 Å². The number of aryl methyl sites for hydroxylation is 1. The molecule has 31 heavy (non-hydrogen) atoms. The van der Waals surface area contributed by atoms with Crippen LogP contribution in [0.1, 0.15) is 17.4 Å². The summed E-state index contributed by atoms with van der Waals surface area (Å²) in [5, 5.41) is 0. The smallest absolute Gasteiger partial charge is 0.334 e. The van der Waals surface area contributed by atoms with E-state index in [1.54, 1.807) is 49.5 Å². The Morgan fingerprint density at radius 1 is 1.10 bits per heavy atom. The second-order valence-electron chi connectivity index (χ2n) is 6.74. The zero-order valence-electron chi connectivity index (χ0n) is 17.3. The summed E-state index contributed by atoms with van der Waals surface area (Å²) in [6.07, 6.45) is 0. The van der Waals surface area contributed by atoms with Crippen LogP contribution in [0.15, 0.2) is 53.3 Å². The Labute approximate surface area is 177 Å². The fourth-order valence-electron chi connectivity index (χ4n) is 3.46. The lowest BCUT2D eigenvalue weighted by molar-refractivity contribution is 0.0997. The first-order chi connectivity index (χ1) is 15.0. The average molecular weight is 419 g/mol. The molecule has 0 saturated carbocycles. The van der Waals surface area contributed by atoms with Crippen LogP contribution in [0.3, 0.4) is 0 Å². The molecule has 0 aliphatic rings. The highest BCUT2D eigenvalue weighted by molar-refractivity contribution is 6.02. The molecule has 158 valence electrons. The first kappa shape index (κ1) is 20.1. The molecule has 2 aromatic heterocycles. The molecule has 0 aliphatic carbocycles. The Kier molecular flexibility index (Phi) is 5.16. The first-order valence-electron chi connectivity index (χ1n) is 9.62. The molecular weight excluding hydrogens is 398 g/mol. The number of methoxy groups -OCH3 is 1. The molecule has 0 atom stereocenters. The number of nitrogens with two attached hydrogens (primary N) is 1. The largest absolute Gasteiger partial charge is 0.496 e. The highest BCUT2D eigenvalue weighted by Crippen LogP contribution is 2.29. The quantitative estimate of drug-likeness (QED) is 0.513. The van der Waals surface area contributed by atoms with Gasteiger partial charge in [-0.15, -0.1) is 0 Å². The van der Waals surface area contributed by atoms with E-state index in [4.69, 9.17) is 15.2 Å². The van der Waals surface area contributed by atoms with E-state index in [1.165, 1.54) is 16.2 Å². The van der Waals surface area contributed by atoms with E-state index in [0.717, 1.165) is 0 Å². The van der Waals surface area contributed by atoms with Crippen LogP contribution in [-0.2, 0) is 7.05 Å². The molecular formula is C22H21N5O4. The van der Waals surface area contributed by atoms with Crippen molar-refractivity contribution in [3.8, 4) is 28.6 Å². The van der Waals surface area contributed by atoms with Crippen molar-refractivity contribution in [1.82, 2.24) is 19.1 Å². The number of primary amides is 1. The van der Waals surface area contributed by atoms with E-state index >= 15 is 0 Å². The van der Waals surface area contributed by atoms with Crippen LogP contribution in [0.25, 0.3) is 28.2 Å². The molecule has 0 unspecified atom stereocenters. The summed E-state index contributed by atoms with van der Waals surface area (Å²) in [7, 11) is 3.08. The lowest BCUT2D eigenvalue weighted by Crippen LogP contribution is -2.21. The highest BCUT2D eigenvalue weighted by Gasteiger charge is 2.23. The number of aromatic nitrogens is 4. The molecule has 2 heterocycles. The molecule has 0 saturated heterocycles. The number of para-hydroxylation sites is 1. The number of ether oxygens (including phenoxy) is 2. The maximum atomic E-state index is 13.1. The van der Waals surface area contributed by atoms with Gasteiger partial charge in [0.15, 0.2) is 17.2 Å². The molecule has 9 heteroatoms. The third-order valence-electron chi connectivity index (χ3n) is 4.88. The van der Waals surface area contributed by atoms with E-state index in [9.17, 15) is 9.59 Å². The third-order valence-corrected chi connectivity index (χ3v) is 4.88. The van der Waals surface area contributed by atoms with Gasteiger partial charge in [0.2, 0.25) is 0 Å². The molecule has 0 bridgehead atoms. The van der Waals surface area contributed by atoms with Crippen LogP contribution in [0, 0.1) is 0 Å². The van der Waals surface area contributed by atoms with E-state index in [0.29, 0.717) is 29.4 Å². The predicted molar refractivity (Wildman–Crippen MR) is 116 cm³/mol. The molecule has 0 radical (unpaired) electrons. The predicted octanol–water partition coefficient (Wildman–Crippen LogP) is 2.29. The fraction of sp³-hybridized carbons (Fsp3) is 0.182. The van der Waals surface area contributed by atoms with Gasteiger partial charge in [0.1, 0.15) is 17.0 Å². The van der Waals surface area contributed by atoms with Crippen molar-refractivity contribution in [1.29, 1.82) is 0 Å². The summed E-state index contributed by atoms with van der Waals surface area (Å²) in [6, 6.07) is 14.2. The van der Waals surface area contributed by atoms with Crippen LogP contribution >= 0.6 is 0 Å². The van der Waals surface area contributed by atoms with Crippen LogP contribution in [0.4, 0.5) is 0 Å². The topological polar surface area (TPSA) is 114 Å². The second kappa shape index (κ2) is 7.94. The monoisotopic (exact) mass is 419 g/mol. The maximum absolute atomic E-state index is 13.1. The molecule has 2 aromatic carbocycles. The first-order valence-corrected chi connectivity index (χ1v) is 9.62. The number of carbonyl (C=O) groups excluding carboxylic acids is 1. The SMILES string of the molecule is CCOc1ccc(-n2c(=O)n(C)c3c(C(N)=O)nc(-c4ccccc4OC)nc32)cc1. The standard InChI is InChI=1S/C22H21N5O4/c1-4-31-14-11-9-13(10-12-14)27-21-18(26(2)22(27)29)17(19(23)28)24-20(25-21)15-7-5-6-8-16(15)30-3/h5-12H,4H2,1-3H3,(H2,23,28). The van der Waals surface area contributed by atoms with Crippen LogP contribution in [0.5, 0.6) is 11.5 Å². The van der Waals surface area contributed by atoms with Crippen LogP contribution in [0.2, 0.25) is 0 Å². The van der Waals surface area contributed by atoms with Gasteiger partial charge in [-0.05, 0) is 43.3 Å². The van der Waals surface area contributed by atoms with Gasteiger partial charge in [0.05, 0.1) is 25.0 Å². The Hall–Kier alpha value is -4.14. The molecule has 9 nitrogen and oxygen atoms in total. The number of rotatable bonds is 6. The van der Waals surface area contributed by atoms with Crippen LogP contribution < -0.4 is 20.9 Å². The minimum atomic E-state index is -0.761. The summed E-state index contributed by atoms with van der Waals surface area (Å²) in [5.41, 5.74) is 6.85. The Bertz CT molecular complexity index is 1340. The summed E-state index contributed by atoms with van der Waals surface area (Å²) in [4.78, 5) is 34.3. The van der Waals surface area contributed by atoms with Crippen molar-refractivity contribution in [3.63, 3.8) is 0 Å². The van der Waals surface area contributed by atoms with E-state index < -0.39 is 5.91 Å². The molecule has 4 rings (SSSR count). The van der Waals surface area contributed by atoms with Crippen molar-refractivity contribution in [2.75, 3.05) is 13.7 Å². The number of fused-ring (bicyclic) bond motifs is 1.